The highest BCUT2D eigenvalue weighted by atomic mass is 16.5. The molecular weight excluding hydrogens is 240 g/mol. The number of benzene rings is 1. The van der Waals surface area contributed by atoms with Gasteiger partial charge in [-0.3, -0.25) is 0 Å². The number of hydrogen-bond donors (Lipinski definition) is 1. The molecule has 3 nitrogen and oxygen atoms in total. The summed E-state index contributed by atoms with van der Waals surface area (Å²) in [6.07, 6.45) is 4.59. The zero-order chi connectivity index (χ0) is 13.3. The maximum absolute atomic E-state index is 10.6. The average molecular weight is 258 g/mol. The largest absolute Gasteiger partial charge is 0.472 e. The highest BCUT2D eigenvalue weighted by molar-refractivity contribution is 5.31. The van der Waals surface area contributed by atoms with E-state index in [0.717, 1.165) is 12.0 Å². The van der Waals surface area contributed by atoms with E-state index >= 15 is 0 Å². The van der Waals surface area contributed by atoms with Gasteiger partial charge in [-0.1, -0.05) is 24.3 Å². The number of aliphatic hydroxyl groups is 1. The summed E-state index contributed by atoms with van der Waals surface area (Å²) in [6, 6.07) is 10.1. The molecule has 0 aliphatic carbocycles. The summed E-state index contributed by atoms with van der Waals surface area (Å²) < 4.78 is 10.9. The first kappa shape index (κ1) is 12.5. The molecule has 1 aromatic carbocycles. The van der Waals surface area contributed by atoms with Crippen LogP contribution in [-0.4, -0.2) is 11.7 Å². The van der Waals surface area contributed by atoms with Gasteiger partial charge < -0.3 is 14.3 Å². The minimum absolute atomic E-state index is 0.0603. The summed E-state index contributed by atoms with van der Waals surface area (Å²) >= 11 is 0. The number of ether oxygens (including phenoxy) is 1. The van der Waals surface area contributed by atoms with Crippen molar-refractivity contribution in [3.8, 4) is 0 Å². The second-order valence-corrected chi connectivity index (χ2v) is 5.30. The van der Waals surface area contributed by atoms with Gasteiger partial charge in [0.15, 0.2) is 0 Å². The van der Waals surface area contributed by atoms with E-state index in [4.69, 9.17) is 9.15 Å². The van der Waals surface area contributed by atoms with Crippen LogP contribution in [0.2, 0.25) is 0 Å². The molecule has 100 valence electrons. The highest BCUT2D eigenvalue weighted by Crippen LogP contribution is 2.37. The third kappa shape index (κ3) is 2.44. The van der Waals surface area contributed by atoms with Crippen molar-refractivity contribution in [2.45, 2.75) is 31.5 Å². The van der Waals surface area contributed by atoms with Crippen molar-refractivity contribution in [1.82, 2.24) is 0 Å². The van der Waals surface area contributed by atoms with E-state index in [1.54, 1.807) is 25.5 Å². The van der Waals surface area contributed by atoms with E-state index in [0.29, 0.717) is 13.0 Å². The van der Waals surface area contributed by atoms with Gasteiger partial charge in [0.1, 0.15) is 0 Å². The lowest BCUT2D eigenvalue weighted by Crippen LogP contribution is -2.27. The molecule has 0 amide bonds. The van der Waals surface area contributed by atoms with Crippen LogP contribution in [0.4, 0.5) is 0 Å². The molecule has 1 aromatic heterocycles. The zero-order valence-electron chi connectivity index (χ0n) is 11.0. The summed E-state index contributed by atoms with van der Waals surface area (Å²) in [7, 11) is 0. The Bertz CT molecular complexity index is 543. The van der Waals surface area contributed by atoms with Crippen molar-refractivity contribution < 1.29 is 14.3 Å². The van der Waals surface area contributed by atoms with E-state index in [-0.39, 0.29) is 6.10 Å². The van der Waals surface area contributed by atoms with Crippen molar-refractivity contribution in [3.63, 3.8) is 0 Å². The molecule has 0 radical (unpaired) electrons. The Morgan fingerprint density at radius 3 is 2.95 bits per heavy atom. The van der Waals surface area contributed by atoms with Gasteiger partial charge >= 0.3 is 0 Å². The standard InChI is InChI=1S/C16H18O3/c1-16(17,13-7-8-18-11-13)10-15-14-5-3-2-4-12(14)6-9-19-15/h2-5,7-8,11,15,17H,6,9-10H2,1H3. The number of rotatable bonds is 3. The molecule has 3 rings (SSSR count). The number of fused-ring (bicyclic) bond motifs is 1. The Kier molecular flexibility index (Phi) is 3.17. The Morgan fingerprint density at radius 2 is 2.16 bits per heavy atom. The molecule has 19 heavy (non-hydrogen) atoms. The maximum Gasteiger partial charge on any atom is 0.0963 e. The maximum atomic E-state index is 10.6. The second-order valence-electron chi connectivity index (χ2n) is 5.30. The van der Waals surface area contributed by atoms with Gasteiger partial charge in [-0.15, -0.1) is 0 Å². The summed E-state index contributed by atoms with van der Waals surface area (Å²) in [5, 5.41) is 10.6. The van der Waals surface area contributed by atoms with E-state index < -0.39 is 5.60 Å². The first-order chi connectivity index (χ1) is 9.17. The predicted octanol–water partition coefficient (Wildman–Crippen LogP) is 3.19. The second kappa shape index (κ2) is 4.83. The third-order valence-corrected chi connectivity index (χ3v) is 3.82. The fraction of sp³-hybridized carbons (Fsp3) is 0.375. The quantitative estimate of drug-likeness (QED) is 0.919. The minimum Gasteiger partial charge on any atom is -0.472 e. The topological polar surface area (TPSA) is 42.6 Å². The smallest absolute Gasteiger partial charge is 0.0963 e. The number of hydrogen-bond acceptors (Lipinski definition) is 3. The monoisotopic (exact) mass is 258 g/mol. The molecule has 0 saturated heterocycles. The van der Waals surface area contributed by atoms with E-state index in [2.05, 4.69) is 18.2 Å². The molecule has 0 fully saturated rings. The number of furan rings is 1. The molecule has 2 heterocycles. The van der Waals surface area contributed by atoms with Crippen molar-refractivity contribution >= 4 is 0 Å². The summed E-state index contributed by atoms with van der Waals surface area (Å²) in [5.41, 5.74) is 2.36. The normalized spacial score (nSPS) is 21.7. The first-order valence-corrected chi connectivity index (χ1v) is 6.61. The lowest BCUT2D eigenvalue weighted by Gasteiger charge is -2.32. The molecule has 0 spiro atoms. The summed E-state index contributed by atoms with van der Waals surface area (Å²) in [5.74, 6) is 0. The van der Waals surface area contributed by atoms with Crippen LogP contribution < -0.4 is 0 Å². The minimum atomic E-state index is -0.942. The van der Waals surface area contributed by atoms with Gasteiger partial charge in [-0.05, 0) is 30.5 Å². The fourth-order valence-electron chi connectivity index (χ4n) is 2.70. The van der Waals surface area contributed by atoms with Crippen molar-refractivity contribution in [1.29, 1.82) is 0 Å². The van der Waals surface area contributed by atoms with Gasteiger partial charge in [-0.2, -0.15) is 0 Å². The molecular formula is C16H18O3. The van der Waals surface area contributed by atoms with Gasteiger partial charge in [0.2, 0.25) is 0 Å². The molecule has 2 aromatic rings. The summed E-state index contributed by atoms with van der Waals surface area (Å²) in [4.78, 5) is 0. The molecule has 1 N–H and O–H groups in total. The predicted molar refractivity (Wildman–Crippen MR) is 71.7 cm³/mol. The molecule has 0 saturated carbocycles. The first-order valence-electron chi connectivity index (χ1n) is 6.61. The molecule has 0 bridgehead atoms. The molecule has 2 atom stereocenters. The van der Waals surface area contributed by atoms with E-state index in [9.17, 15) is 5.11 Å². The Balaban J connectivity index is 1.85. The van der Waals surface area contributed by atoms with E-state index in [1.807, 2.05) is 6.07 Å². The van der Waals surface area contributed by atoms with Gasteiger partial charge in [0, 0.05) is 12.0 Å². The van der Waals surface area contributed by atoms with Gasteiger partial charge in [0.25, 0.3) is 0 Å². The van der Waals surface area contributed by atoms with Crippen LogP contribution in [0.5, 0.6) is 0 Å². The van der Waals surface area contributed by atoms with Crippen LogP contribution in [0, 0.1) is 0 Å². The van der Waals surface area contributed by atoms with Crippen molar-refractivity contribution in [2.24, 2.45) is 0 Å². The molecule has 1 aliphatic rings. The van der Waals surface area contributed by atoms with Crippen LogP contribution in [0.15, 0.2) is 47.3 Å². The zero-order valence-corrected chi connectivity index (χ0v) is 11.0. The SMILES string of the molecule is CC(O)(CC1OCCc2ccccc21)c1ccoc1. The average Bonchev–Trinajstić information content (AvgIpc) is 2.93. The van der Waals surface area contributed by atoms with Crippen molar-refractivity contribution in [3.05, 3.63) is 59.5 Å². The van der Waals surface area contributed by atoms with Crippen LogP contribution >= 0.6 is 0 Å². The van der Waals surface area contributed by atoms with Crippen LogP contribution in [-0.2, 0) is 16.8 Å². The van der Waals surface area contributed by atoms with Crippen LogP contribution in [0.1, 0.15) is 36.1 Å². The fourth-order valence-corrected chi connectivity index (χ4v) is 2.70. The van der Waals surface area contributed by atoms with Gasteiger partial charge in [-0.25, -0.2) is 0 Å². The molecule has 3 heteroatoms. The highest BCUT2D eigenvalue weighted by Gasteiger charge is 2.32. The third-order valence-electron chi connectivity index (χ3n) is 3.82. The Hall–Kier alpha value is -1.58. The molecule has 1 aliphatic heterocycles. The van der Waals surface area contributed by atoms with Gasteiger partial charge in [0.05, 0.1) is 30.8 Å². The molecule has 2 unspecified atom stereocenters. The van der Waals surface area contributed by atoms with Crippen LogP contribution in [0.3, 0.4) is 0 Å². The van der Waals surface area contributed by atoms with Crippen molar-refractivity contribution in [2.75, 3.05) is 6.61 Å². The Morgan fingerprint density at radius 1 is 1.32 bits per heavy atom. The van der Waals surface area contributed by atoms with E-state index in [1.165, 1.54) is 11.1 Å². The summed E-state index contributed by atoms with van der Waals surface area (Å²) in [6.45, 7) is 2.52. The van der Waals surface area contributed by atoms with Crippen LogP contribution in [0.25, 0.3) is 0 Å². The Labute approximate surface area is 112 Å². The lowest BCUT2D eigenvalue weighted by atomic mass is 9.86. The lowest BCUT2D eigenvalue weighted by molar-refractivity contribution is -0.0401.